The minimum absolute atomic E-state index is 0.0183. The molecule has 4 rings (SSSR count). The Labute approximate surface area is 140 Å². The van der Waals surface area contributed by atoms with Gasteiger partial charge in [0.05, 0.1) is 13.1 Å². The number of ether oxygens (including phenoxy) is 3. The molecular formula is C17H12NO7-. The van der Waals surface area contributed by atoms with Crippen LogP contribution in [0.4, 0.5) is 5.69 Å². The monoisotopic (exact) mass is 342 g/mol. The van der Waals surface area contributed by atoms with Crippen LogP contribution in [0, 0.1) is 0 Å². The van der Waals surface area contributed by atoms with E-state index in [2.05, 4.69) is 0 Å². The number of hydrogen-bond donors (Lipinski definition) is 2. The first-order valence-electron chi connectivity index (χ1n) is 7.28. The fraction of sp³-hybridized carbons (Fsp3) is 0.118. The van der Waals surface area contributed by atoms with Gasteiger partial charge in [0.25, 0.3) is 0 Å². The Balaban J connectivity index is 2.36. The van der Waals surface area contributed by atoms with Gasteiger partial charge in [0.15, 0.2) is 17.2 Å². The molecule has 0 aliphatic carbocycles. The van der Waals surface area contributed by atoms with E-state index < -0.39 is 5.97 Å². The summed E-state index contributed by atoms with van der Waals surface area (Å²) in [6.07, 6.45) is 0. The third kappa shape index (κ3) is 2.05. The maximum Gasteiger partial charge on any atom is 0.231 e. The highest BCUT2D eigenvalue weighted by Crippen LogP contribution is 2.51. The topological polar surface area (TPSA) is 112 Å². The maximum absolute atomic E-state index is 11.7. The van der Waals surface area contributed by atoms with Crippen LogP contribution in [0.15, 0.2) is 30.3 Å². The largest absolute Gasteiger partial charge is 0.545 e. The first kappa shape index (κ1) is 15.3. The molecule has 3 aromatic carbocycles. The van der Waals surface area contributed by atoms with Crippen LogP contribution in [-0.4, -0.2) is 30.3 Å². The minimum Gasteiger partial charge on any atom is -0.545 e. The van der Waals surface area contributed by atoms with Crippen LogP contribution >= 0.6 is 0 Å². The Morgan fingerprint density at radius 2 is 1.92 bits per heavy atom. The molecule has 0 unspecified atom stereocenters. The van der Waals surface area contributed by atoms with Crippen molar-refractivity contribution in [1.29, 1.82) is 0 Å². The lowest BCUT2D eigenvalue weighted by atomic mass is 9.94. The van der Waals surface area contributed by atoms with E-state index in [9.17, 15) is 20.3 Å². The van der Waals surface area contributed by atoms with Crippen molar-refractivity contribution in [2.24, 2.45) is 0 Å². The second-order valence-electron chi connectivity index (χ2n) is 5.41. The molecule has 2 N–H and O–H groups in total. The molecule has 0 fully saturated rings. The van der Waals surface area contributed by atoms with Gasteiger partial charge in [-0.1, -0.05) is 24.3 Å². The molecule has 128 valence electrons. The van der Waals surface area contributed by atoms with Crippen LogP contribution in [0.3, 0.4) is 0 Å². The summed E-state index contributed by atoms with van der Waals surface area (Å²) in [6.45, 7) is -0.0708. The molecule has 0 saturated heterocycles. The van der Waals surface area contributed by atoms with Crippen LogP contribution in [0.5, 0.6) is 17.2 Å². The summed E-state index contributed by atoms with van der Waals surface area (Å²) in [5.74, 6) is -0.824. The summed E-state index contributed by atoms with van der Waals surface area (Å²) >= 11 is 0. The van der Waals surface area contributed by atoms with Gasteiger partial charge in [-0.2, -0.15) is 0 Å². The van der Waals surface area contributed by atoms with Gasteiger partial charge in [-0.3, -0.25) is 10.4 Å². The van der Waals surface area contributed by atoms with Crippen molar-refractivity contribution in [1.82, 2.24) is 0 Å². The average Bonchev–Trinajstić information content (AvgIpc) is 3.07. The third-order valence-corrected chi connectivity index (χ3v) is 4.18. The molecule has 1 heterocycles. The molecule has 0 radical (unpaired) electrons. The highest BCUT2D eigenvalue weighted by molar-refractivity contribution is 6.24. The Morgan fingerprint density at radius 1 is 1.20 bits per heavy atom. The van der Waals surface area contributed by atoms with Crippen molar-refractivity contribution in [2.45, 2.75) is 0 Å². The zero-order chi connectivity index (χ0) is 17.7. The normalized spacial score (nSPS) is 12.6. The molecule has 0 atom stereocenters. The second-order valence-corrected chi connectivity index (χ2v) is 5.41. The first-order valence-corrected chi connectivity index (χ1v) is 7.28. The lowest BCUT2D eigenvalue weighted by Crippen LogP contribution is -2.23. The predicted molar refractivity (Wildman–Crippen MR) is 84.5 cm³/mol. The van der Waals surface area contributed by atoms with Crippen molar-refractivity contribution in [3.63, 3.8) is 0 Å². The molecular weight excluding hydrogens is 330 g/mol. The zero-order valence-electron chi connectivity index (χ0n) is 13.0. The SMILES string of the molecule is COc1c(N(O)O)c2c(C(=O)[O-])cc3c(c2c2ccccc12)OCO3. The summed E-state index contributed by atoms with van der Waals surface area (Å²) in [5, 5.41) is 32.6. The van der Waals surface area contributed by atoms with E-state index in [1.165, 1.54) is 13.2 Å². The lowest BCUT2D eigenvalue weighted by molar-refractivity contribution is -0.254. The lowest BCUT2D eigenvalue weighted by Gasteiger charge is -2.21. The van der Waals surface area contributed by atoms with Gasteiger partial charge >= 0.3 is 0 Å². The fourth-order valence-corrected chi connectivity index (χ4v) is 3.24. The molecule has 0 amide bonds. The van der Waals surface area contributed by atoms with Gasteiger partial charge in [0, 0.05) is 21.7 Å². The Kier molecular flexibility index (Phi) is 3.31. The van der Waals surface area contributed by atoms with Crippen molar-refractivity contribution in [3.8, 4) is 17.2 Å². The predicted octanol–water partition coefficient (Wildman–Crippen LogP) is 1.68. The molecule has 0 bridgehead atoms. The Hall–Kier alpha value is -3.23. The first-order chi connectivity index (χ1) is 12.0. The summed E-state index contributed by atoms with van der Waals surface area (Å²) in [7, 11) is 1.35. The summed E-state index contributed by atoms with van der Waals surface area (Å²) in [5.41, 5.74) is -0.500. The van der Waals surface area contributed by atoms with Gasteiger partial charge in [-0.15, -0.1) is 5.23 Å². The van der Waals surface area contributed by atoms with Gasteiger partial charge in [0.1, 0.15) is 5.69 Å². The summed E-state index contributed by atoms with van der Waals surface area (Å²) in [4.78, 5) is 11.7. The number of hydrogen-bond acceptors (Lipinski definition) is 8. The Bertz CT molecular complexity index is 1030. The van der Waals surface area contributed by atoms with E-state index in [-0.39, 0.29) is 40.2 Å². The van der Waals surface area contributed by atoms with E-state index >= 15 is 0 Å². The van der Waals surface area contributed by atoms with Crippen LogP contribution in [0.25, 0.3) is 21.5 Å². The molecule has 1 aliphatic heterocycles. The molecule has 0 saturated carbocycles. The van der Waals surface area contributed by atoms with Gasteiger partial charge < -0.3 is 24.1 Å². The number of methoxy groups -OCH3 is 1. The van der Waals surface area contributed by atoms with Crippen molar-refractivity contribution >= 4 is 33.2 Å². The molecule has 0 aromatic heterocycles. The zero-order valence-corrected chi connectivity index (χ0v) is 13.0. The third-order valence-electron chi connectivity index (χ3n) is 4.18. The van der Waals surface area contributed by atoms with E-state index in [1.807, 2.05) is 0 Å². The highest BCUT2D eigenvalue weighted by atomic mass is 16.8. The fourth-order valence-electron chi connectivity index (χ4n) is 3.24. The molecule has 1 aliphatic rings. The number of anilines is 1. The van der Waals surface area contributed by atoms with Crippen molar-refractivity contribution in [3.05, 3.63) is 35.9 Å². The number of carbonyl (C=O) groups is 1. The average molecular weight is 342 g/mol. The Morgan fingerprint density at radius 3 is 2.56 bits per heavy atom. The van der Waals surface area contributed by atoms with Crippen molar-refractivity contribution < 1.29 is 34.5 Å². The standard InChI is InChI=1S/C17H13NO7/c1-23-15-9-5-3-2-4-8(9)13-12(14(15)18(21)22)10(17(19)20)6-11-16(13)25-7-24-11/h2-6,21-22H,7H2,1H3,(H,19,20)/p-1. The van der Waals surface area contributed by atoms with Gasteiger partial charge in [-0.25, -0.2) is 0 Å². The number of fused-ring (bicyclic) bond motifs is 5. The van der Waals surface area contributed by atoms with Crippen LogP contribution in [0.2, 0.25) is 0 Å². The number of rotatable bonds is 3. The molecule has 0 spiro atoms. The van der Waals surface area contributed by atoms with E-state index in [0.717, 1.165) is 0 Å². The van der Waals surface area contributed by atoms with Crippen LogP contribution in [-0.2, 0) is 0 Å². The van der Waals surface area contributed by atoms with E-state index in [1.54, 1.807) is 24.3 Å². The molecule has 8 heteroatoms. The highest BCUT2D eigenvalue weighted by Gasteiger charge is 2.28. The van der Waals surface area contributed by atoms with Crippen molar-refractivity contribution in [2.75, 3.05) is 19.1 Å². The summed E-state index contributed by atoms with van der Waals surface area (Å²) in [6, 6.07) is 8.23. The van der Waals surface area contributed by atoms with E-state index in [4.69, 9.17) is 14.2 Å². The summed E-state index contributed by atoms with van der Waals surface area (Å²) < 4.78 is 16.2. The molecule has 3 aromatic rings. The van der Waals surface area contributed by atoms with Gasteiger partial charge in [-0.05, 0) is 11.5 Å². The second kappa shape index (κ2) is 5.40. The van der Waals surface area contributed by atoms with Crippen LogP contribution in [0.1, 0.15) is 10.4 Å². The number of carboxylic acids is 1. The smallest absolute Gasteiger partial charge is 0.231 e. The maximum atomic E-state index is 11.7. The van der Waals surface area contributed by atoms with Crippen LogP contribution < -0.4 is 24.5 Å². The molecule has 8 nitrogen and oxygen atoms in total. The number of aromatic carboxylic acids is 1. The number of nitrogens with zero attached hydrogens (tertiary/aromatic N) is 1. The number of carbonyl (C=O) groups excluding carboxylic acids is 1. The molecule has 25 heavy (non-hydrogen) atoms. The van der Waals surface area contributed by atoms with E-state index in [0.29, 0.717) is 21.9 Å². The quantitative estimate of drug-likeness (QED) is 0.546. The van der Waals surface area contributed by atoms with Gasteiger partial charge in [0.2, 0.25) is 6.79 Å². The number of carboxylic acid groups (broad SMARTS) is 1. The number of benzene rings is 3. The minimum atomic E-state index is -1.50.